The van der Waals surface area contributed by atoms with E-state index >= 15 is 0 Å². The second-order valence-corrected chi connectivity index (χ2v) is 11.7. The molecular weight excluding hydrogens is 504 g/mol. The van der Waals surface area contributed by atoms with Crippen molar-refractivity contribution in [2.75, 3.05) is 75.7 Å². The van der Waals surface area contributed by atoms with Gasteiger partial charge in [0.15, 0.2) is 9.84 Å². The summed E-state index contributed by atoms with van der Waals surface area (Å²) in [5, 5.41) is 6.17. The molecule has 0 aliphatic carbocycles. The van der Waals surface area contributed by atoms with Crippen LogP contribution in [0.5, 0.6) is 5.75 Å². The minimum Gasteiger partial charge on any atom is -0.494 e. The Hall–Kier alpha value is -3.48. The van der Waals surface area contributed by atoms with E-state index in [0.717, 1.165) is 44.7 Å². The maximum absolute atomic E-state index is 12.1. The number of aromatic nitrogens is 3. The molecule has 1 atom stereocenters. The number of methoxy groups -OCH3 is 1. The van der Waals surface area contributed by atoms with Crippen molar-refractivity contribution in [3.63, 3.8) is 0 Å². The van der Waals surface area contributed by atoms with Crippen molar-refractivity contribution >= 4 is 38.8 Å². The lowest BCUT2D eigenvalue weighted by Gasteiger charge is -2.40. The van der Waals surface area contributed by atoms with Crippen molar-refractivity contribution in [3.05, 3.63) is 48.8 Å². The van der Waals surface area contributed by atoms with Gasteiger partial charge < -0.3 is 25.2 Å². The van der Waals surface area contributed by atoms with Crippen LogP contribution in [0.1, 0.15) is 6.92 Å². The lowest BCUT2D eigenvalue weighted by Crippen LogP contribution is -2.51. The molecule has 4 rings (SSSR count). The molecule has 2 N–H and O–H groups in total. The molecule has 12 heteroatoms. The molecule has 0 bridgehead atoms. The zero-order valence-corrected chi connectivity index (χ0v) is 23.4. The van der Waals surface area contributed by atoms with Crippen LogP contribution in [0.3, 0.4) is 0 Å². The molecule has 1 unspecified atom stereocenters. The number of sulfone groups is 1. The highest BCUT2D eigenvalue weighted by Crippen LogP contribution is 2.32. The number of benzene rings is 2. The van der Waals surface area contributed by atoms with E-state index in [4.69, 9.17) is 4.74 Å². The molecule has 1 aromatic heterocycles. The highest BCUT2D eigenvalue weighted by molar-refractivity contribution is 7.90. The SMILES string of the molecule is COc1cc(N2CCN(C(C)CN(C)C)CC2)ccc1Nc1ncnc(Nc2ccccc2S(C)(=O)=O)n1. The van der Waals surface area contributed by atoms with Gasteiger partial charge in [-0.1, -0.05) is 12.1 Å². The van der Waals surface area contributed by atoms with E-state index in [2.05, 4.69) is 67.4 Å². The molecule has 0 radical (unpaired) electrons. The zero-order chi connectivity index (χ0) is 27.3. The minimum atomic E-state index is -3.42. The first-order valence-corrected chi connectivity index (χ1v) is 14.4. The molecule has 0 spiro atoms. The Morgan fingerprint density at radius 1 is 1.00 bits per heavy atom. The number of likely N-dealkylation sites (N-methyl/N-ethyl adjacent to an activating group) is 1. The molecular formula is C26H36N8O3S. The predicted octanol–water partition coefficient (Wildman–Crippen LogP) is 2.84. The Bertz CT molecular complexity index is 1340. The van der Waals surface area contributed by atoms with E-state index in [-0.39, 0.29) is 10.8 Å². The lowest BCUT2D eigenvalue weighted by molar-refractivity contribution is 0.165. The highest BCUT2D eigenvalue weighted by atomic mass is 32.2. The Balaban J connectivity index is 1.45. The quantitative estimate of drug-likeness (QED) is 0.395. The molecule has 2 heterocycles. The number of hydrogen-bond acceptors (Lipinski definition) is 11. The summed E-state index contributed by atoms with van der Waals surface area (Å²) in [4.78, 5) is 20.1. The maximum Gasteiger partial charge on any atom is 0.232 e. The van der Waals surface area contributed by atoms with Gasteiger partial charge in [0.2, 0.25) is 11.9 Å². The second kappa shape index (κ2) is 11.9. The van der Waals surface area contributed by atoms with Crippen LogP contribution >= 0.6 is 0 Å². The molecule has 1 aliphatic rings. The van der Waals surface area contributed by atoms with Crippen molar-refractivity contribution in [2.45, 2.75) is 17.9 Å². The first-order chi connectivity index (χ1) is 18.1. The van der Waals surface area contributed by atoms with Crippen molar-refractivity contribution in [1.82, 2.24) is 24.8 Å². The summed E-state index contributed by atoms with van der Waals surface area (Å²) in [6.07, 6.45) is 2.52. The van der Waals surface area contributed by atoms with Gasteiger partial charge in [-0.25, -0.2) is 18.4 Å². The average molecular weight is 541 g/mol. The number of anilines is 5. The smallest absolute Gasteiger partial charge is 0.232 e. The molecule has 38 heavy (non-hydrogen) atoms. The van der Waals surface area contributed by atoms with Crippen molar-refractivity contribution < 1.29 is 13.2 Å². The topological polar surface area (TPSA) is 116 Å². The van der Waals surface area contributed by atoms with E-state index in [1.165, 1.54) is 12.4 Å². The Morgan fingerprint density at radius 2 is 1.66 bits per heavy atom. The maximum atomic E-state index is 12.1. The van der Waals surface area contributed by atoms with E-state index in [0.29, 0.717) is 29.1 Å². The molecule has 1 fully saturated rings. The highest BCUT2D eigenvalue weighted by Gasteiger charge is 2.22. The summed E-state index contributed by atoms with van der Waals surface area (Å²) in [6, 6.07) is 13.2. The van der Waals surface area contributed by atoms with Crippen LogP contribution in [0.2, 0.25) is 0 Å². The molecule has 3 aromatic rings. The molecule has 204 valence electrons. The largest absolute Gasteiger partial charge is 0.494 e. The van der Waals surface area contributed by atoms with Crippen molar-refractivity contribution in [1.29, 1.82) is 0 Å². The molecule has 0 amide bonds. The second-order valence-electron chi connectivity index (χ2n) is 9.67. The van der Waals surface area contributed by atoms with Crippen LogP contribution < -0.4 is 20.3 Å². The van der Waals surface area contributed by atoms with Gasteiger partial charge in [0.1, 0.15) is 12.1 Å². The molecule has 1 aliphatic heterocycles. The van der Waals surface area contributed by atoms with E-state index in [1.54, 1.807) is 25.3 Å². The van der Waals surface area contributed by atoms with E-state index in [9.17, 15) is 8.42 Å². The number of nitrogens with one attached hydrogen (secondary N) is 2. The average Bonchev–Trinajstić information content (AvgIpc) is 2.88. The first-order valence-electron chi connectivity index (χ1n) is 12.5. The summed E-state index contributed by atoms with van der Waals surface area (Å²) < 4.78 is 29.9. The van der Waals surface area contributed by atoms with Crippen LogP contribution in [0.15, 0.2) is 53.7 Å². The third-order valence-electron chi connectivity index (χ3n) is 6.47. The fraction of sp³-hybridized carbons (Fsp3) is 0.423. The number of nitrogens with zero attached hydrogens (tertiary/aromatic N) is 6. The molecule has 11 nitrogen and oxygen atoms in total. The van der Waals surface area contributed by atoms with Gasteiger partial charge >= 0.3 is 0 Å². The monoisotopic (exact) mass is 540 g/mol. The van der Waals surface area contributed by atoms with Crippen molar-refractivity contribution in [2.24, 2.45) is 0 Å². The van der Waals surface area contributed by atoms with Gasteiger partial charge in [0, 0.05) is 56.8 Å². The zero-order valence-electron chi connectivity index (χ0n) is 22.5. The fourth-order valence-corrected chi connectivity index (χ4v) is 5.44. The van der Waals surface area contributed by atoms with Gasteiger partial charge in [-0.3, -0.25) is 4.90 Å². The number of ether oxygens (including phenoxy) is 1. The minimum absolute atomic E-state index is 0.167. The van der Waals surface area contributed by atoms with Gasteiger partial charge in [-0.05, 0) is 45.3 Å². The lowest BCUT2D eigenvalue weighted by atomic mass is 10.2. The van der Waals surface area contributed by atoms with Gasteiger partial charge in [0.25, 0.3) is 0 Å². The number of hydrogen-bond donors (Lipinski definition) is 2. The van der Waals surface area contributed by atoms with Gasteiger partial charge in [-0.15, -0.1) is 0 Å². The van der Waals surface area contributed by atoms with E-state index in [1.807, 2.05) is 12.1 Å². The van der Waals surface area contributed by atoms with Crippen LogP contribution in [0.4, 0.5) is 29.0 Å². The normalized spacial score (nSPS) is 15.4. The third-order valence-corrected chi connectivity index (χ3v) is 7.62. The van der Waals surface area contributed by atoms with Crippen LogP contribution in [-0.2, 0) is 9.84 Å². The number of piperazine rings is 1. The Labute approximate surface area is 224 Å². The molecule has 0 saturated carbocycles. The van der Waals surface area contributed by atoms with Gasteiger partial charge in [-0.2, -0.15) is 4.98 Å². The van der Waals surface area contributed by atoms with E-state index < -0.39 is 9.84 Å². The van der Waals surface area contributed by atoms with Crippen LogP contribution in [0, 0.1) is 0 Å². The molecule has 2 aromatic carbocycles. The third kappa shape index (κ3) is 6.88. The summed E-state index contributed by atoms with van der Waals surface area (Å²) in [6.45, 7) is 7.26. The summed E-state index contributed by atoms with van der Waals surface area (Å²) in [7, 11) is 2.44. The number of rotatable bonds is 10. The number of para-hydroxylation sites is 1. The van der Waals surface area contributed by atoms with Gasteiger partial charge in [0.05, 0.1) is 23.4 Å². The fourth-order valence-electron chi connectivity index (χ4n) is 4.60. The Morgan fingerprint density at radius 3 is 2.29 bits per heavy atom. The molecule has 1 saturated heterocycles. The first kappa shape index (κ1) is 27.6. The van der Waals surface area contributed by atoms with Crippen LogP contribution in [-0.4, -0.2) is 99.4 Å². The van der Waals surface area contributed by atoms with Crippen LogP contribution in [0.25, 0.3) is 0 Å². The summed E-state index contributed by atoms with van der Waals surface area (Å²) in [5.41, 5.74) is 2.20. The summed E-state index contributed by atoms with van der Waals surface area (Å²) in [5.74, 6) is 1.19. The summed E-state index contributed by atoms with van der Waals surface area (Å²) >= 11 is 0. The standard InChI is InChI=1S/C26H36N8O3S/c1-19(17-32(2)3)33-12-14-34(15-13-33)20-10-11-21(23(16-20)37-4)29-25-27-18-28-26(31-25)30-22-8-6-7-9-24(22)38(5,35)36/h6-11,16,18-19H,12-15,17H2,1-5H3,(H2,27,28,29,30,31). The predicted molar refractivity (Wildman–Crippen MR) is 151 cm³/mol. The van der Waals surface area contributed by atoms with Crippen molar-refractivity contribution in [3.8, 4) is 5.75 Å². The Kier molecular flexibility index (Phi) is 8.65.